The van der Waals surface area contributed by atoms with Crippen LogP contribution in [-0.2, 0) is 13.6 Å². The van der Waals surface area contributed by atoms with Gasteiger partial charge in [-0.15, -0.1) is 0 Å². The monoisotopic (exact) mass is 252 g/mol. The number of aryl methyl sites for hydroxylation is 1. The summed E-state index contributed by atoms with van der Waals surface area (Å²) < 4.78 is 2.41. The van der Waals surface area contributed by atoms with E-state index < -0.39 is 5.69 Å². The molecule has 0 N–H and O–H groups in total. The highest BCUT2D eigenvalue weighted by atomic mass is 35.5. The molecule has 0 spiro atoms. The fourth-order valence-electron chi connectivity index (χ4n) is 1.34. The molecule has 88 valence electrons. The first-order valence-corrected chi connectivity index (χ1v) is 5.18. The van der Waals surface area contributed by atoms with Crippen molar-refractivity contribution in [3.8, 4) is 0 Å². The minimum atomic E-state index is -0.394. The third-order valence-corrected chi connectivity index (χ3v) is 2.43. The number of hydrogen-bond donors (Lipinski definition) is 0. The molecule has 0 unspecified atom stereocenters. The van der Waals surface area contributed by atoms with E-state index in [4.69, 9.17) is 11.6 Å². The van der Waals surface area contributed by atoms with Crippen LogP contribution < -0.4 is 11.2 Å². The molecule has 0 aliphatic heterocycles. The summed E-state index contributed by atoms with van der Waals surface area (Å²) in [4.78, 5) is 31.1. The van der Waals surface area contributed by atoms with Gasteiger partial charge in [0.05, 0.1) is 24.6 Å². The van der Waals surface area contributed by atoms with E-state index in [0.29, 0.717) is 5.69 Å². The first kappa shape index (κ1) is 11.5. The van der Waals surface area contributed by atoms with Crippen LogP contribution in [0.5, 0.6) is 0 Å². The number of halogens is 1. The lowest BCUT2D eigenvalue weighted by Gasteiger charge is -2.05. The standard InChI is InChI=1S/C10H9ClN4O2/c1-14-3-2-9(16)15(10(14)17)6-7-4-13-8(11)5-12-7/h2-5H,6H2,1H3. The second-order valence-electron chi connectivity index (χ2n) is 3.46. The number of nitrogens with zero attached hydrogens (tertiary/aromatic N) is 4. The van der Waals surface area contributed by atoms with Crippen LogP contribution in [0.2, 0.25) is 5.15 Å². The minimum absolute atomic E-state index is 0.0799. The highest BCUT2D eigenvalue weighted by molar-refractivity contribution is 6.29. The Labute approximate surface area is 101 Å². The molecule has 0 fully saturated rings. The molecule has 0 radical (unpaired) electrons. The van der Waals surface area contributed by atoms with Crippen molar-refractivity contribution in [2.75, 3.05) is 0 Å². The molecule has 17 heavy (non-hydrogen) atoms. The lowest BCUT2D eigenvalue weighted by Crippen LogP contribution is -2.38. The van der Waals surface area contributed by atoms with Crippen LogP contribution in [0.25, 0.3) is 0 Å². The summed E-state index contributed by atoms with van der Waals surface area (Å²) in [6.45, 7) is 0.0799. The van der Waals surface area contributed by atoms with Gasteiger partial charge in [0.15, 0.2) is 0 Å². The van der Waals surface area contributed by atoms with Gasteiger partial charge in [0, 0.05) is 19.3 Å². The van der Waals surface area contributed by atoms with E-state index in [9.17, 15) is 9.59 Å². The topological polar surface area (TPSA) is 69.8 Å². The van der Waals surface area contributed by atoms with Gasteiger partial charge in [-0.2, -0.15) is 0 Å². The quantitative estimate of drug-likeness (QED) is 0.757. The molecule has 0 saturated heterocycles. The largest absolute Gasteiger partial charge is 0.331 e. The minimum Gasteiger partial charge on any atom is -0.303 e. The fraction of sp³-hybridized carbons (Fsp3) is 0.200. The summed E-state index contributed by atoms with van der Waals surface area (Å²) in [6.07, 6.45) is 4.23. The Kier molecular flexibility index (Phi) is 3.06. The van der Waals surface area contributed by atoms with Crippen molar-refractivity contribution in [3.05, 3.63) is 56.3 Å². The summed E-state index contributed by atoms with van der Waals surface area (Å²) in [7, 11) is 1.58. The average Bonchev–Trinajstić information content (AvgIpc) is 2.32. The molecule has 7 heteroatoms. The Balaban J connectivity index is 2.43. The van der Waals surface area contributed by atoms with Crippen molar-refractivity contribution >= 4 is 11.6 Å². The molecule has 6 nitrogen and oxygen atoms in total. The summed E-state index contributed by atoms with van der Waals surface area (Å²) in [5.41, 5.74) is -0.265. The molecule has 2 heterocycles. The summed E-state index contributed by atoms with van der Waals surface area (Å²) in [5.74, 6) is 0. The van der Waals surface area contributed by atoms with Gasteiger partial charge in [-0.3, -0.25) is 14.3 Å². The molecule has 2 aromatic heterocycles. The highest BCUT2D eigenvalue weighted by Crippen LogP contribution is 2.01. The Morgan fingerprint density at radius 3 is 2.71 bits per heavy atom. The van der Waals surface area contributed by atoms with Crippen molar-refractivity contribution in [3.63, 3.8) is 0 Å². The van der Waals surface area contributed by atoms with Crippen LogP contribution in [0.3, 0.4) is 0 Å². The molecule has 0 saturated carbocycles. The number of aromatic nitrogens is 4. The normalized spacial score (nSPS) is 10.5. The Hall–Kier alpha value is -1.95. The second kappa shape index (κ2) is 4.50. The van der Waals surface area contributed by atoms with Crippen molar-refractivity contribution in [2.45, 2.75) is 6.54 Å². The maximum Gasteiger partial charge on any atom is 0.331 e. The van der Waals surface area contributed by atoms with E-state index in [-0.39, 0.29) is 17.3 Å². The van der Waals surface area contributed by atoms with Crippen LogP contribution in [-0.4, -0.2) is 19.1 Å². The molecule has 0 aliphatic carbocycles. The third kappa shape index (κ3) is 2.42. The van der Waals surface area contributed by atoms with Crippen LogP contribution in [0, 0.1) is 0 Å². The maximum absolute atomic E-state index is 11.7. The van der Waals surface area contributed by atoms with Gasteiger partial charge < -0.3 is 4.57 Å². The zero-order valence-electron chi connectivity index (χ0n) is 9.00. The fourth-order valence-corrected chi connectivity index (χ4v) is 1.44. The van der Waals surface area contributed by atoms with Crippen LogP contribution in [0.15, 0.2) is 34.2 Å². The number of rotatable bonds is 2. The van der Waals surface area contributed by atoms with E-state index >= 15 is 0 Å². The second-order valence-corrected chi connectivity index (χ2v) is 3.85. The van der Waals surface area contributed by atoms with Crippen molar-refractivity contribution in [1.82, 2.24) is 19.1 Å². The van der Waals surface area contributed by atoms with Gasteiger partial charge in [-0.05, 0) is 0 Å². The average molecular weight is 253 g/mol. The molecule has 0 atom stereocenters. The maximum atomic E-state index is 11.7. The van der Waals surface area contributed by atoms with Crippen molar-refractivity contribution in [2.24, 2.45) is 7.05 Å². The number of hydrogen-bond acceptors (Lipinski definition) is 4. The molecular formula is C10H9ClN4O2. The van der Waals surface area contributed by atoms with Crippen molar-refractivity contribution < 1.29 is 0 Å². The Bertz CT molecular complexity index is 645. The van der Waals surface area contributed by atoms with Gasteiger partial charge in [0.1, 0.15) is 5.15 Å². The predicted molar refractivity (Wildman–Crippen MR) is 62.1 cm³/mol. The van der Waals surface area contributed by atoms with Gasteiger partial charge in [-0.1, -0.05) is 11.6 Å². The first-order valence-electron chi connectivity index (χ1n) is 4.81. The molecule has 0 amide bonds. The summed E-state index contributed by atoms with van der Waals surface area (Å²) in [6, 6.07) is 1.32. The summed E-state index contributed by atoms with van der Waals surface area (Å²) >= 11 is 5.59. The lowest BCUT2D eigenvalue weighted by molar-refractivity contribution is 0.629. The first-order chi connectivity index (χ1) is 8.08. The van der Waals surface area contributed by atoms with Crippen molar-refractivity contribution in [1.29, 1.82) is 0 Å². The zero-order valence-corrected chi connectivity index (χ0v) is 9.76. The van der Waals surface area contributed by atoms with Gasteiger partial charge in [-0.25, -0.2) is 9.78 Å². The molecule has 0 aliphatic rings. The molecule has 2 aromatic rings. The zero-order chi connectivity index (χ0) is 12.4. The van der Waals surface area contributed by atoms with E-state index in [1.807, 2.05) is 0 Å². The third-order valence-electron chi connectivity index (χ3n) is 2.23. The van der Waals surface area contributed by atoms with Gasteiger partial charge in [0.2, 0.25) is 0 Å². The molecule has 0 aromatic carbocycles. The SMILES string of the molecule is Cn1ccc(=O)n(Cc2cnc(Cl)cn2)c1=O. The van der Waals surface area contributed by atoms with E-state index in [1.165, 1.54) is 29.2 Å². The van der Waals surface area contributed by atoms with E-state index in [0.717, 1.165) is 4.57 Å². The van der Waals surface area contributed by atoms with E-state index in [1.54, 1.807) is 7.05 Å². The Morgan fingerprint density at radius 1 is 1.29 bits per heavy atom. The Morgan fingerprint density at radius 2 is 2.06 bits per heavy atom. The van der Waals surface area contributed by atoms with Crippen LogP contribution >= 0.6 is 11.6 Å². The van der Waals surface area contributed by atoms with Gasteiger partial charge in [0.25, 0.3) is 5.56 Å². The van der Waals surface area contributed by atoms with Crippen LogP contribution in [0.1, 0.15) is 5.69 Å². The van der Waals surface area contributed by atoms with Crippen LogP contribution in [0.4, 0.5) is 0 Å². The predicted octanol–water partition coefficient (Wildman–Crippen LogP) is 0.0387. The molecular weight excluding hydrogens is 244 g/mol. The van der Waals surface area contributed by atoms with Gasteiger partial charge >= 0.3 is 5.69 Å². The highest BCUT2D eigenvalue weighted by Gasteiger charge is 2.05. The molecule has 0 bridgehead atoms. The smallest absolute Gasteiger partial charge is 0.303 e. The summed E-state index contributed by atoms with van der Waals surface area (Å²) in [5, 5.41) is 0.266. The lowest BCUT2D eigenvalue weighted by atomic mass is 10.4. The molecule has 2 rings (SSSR count). The van der Waals surface area contributed by atoms with E-state index in [2.05, 4.69) is 9.97 Å².